The van der Waals surface area contributed by atoms with Crippen LogP contribution in [0.25, 0.3) is 0 Å². The molecule has 0 bridgehead atoms. The fourth-order valence-corrected chi connectivity index (χ4v) is 4.24. The van der Waals surface area contributed by atoms with Crippen LogP contribution >= 0.6 is 0 Å². The lowest BCUT2D eigenvalue weighted by Gasteiger charge is -2.35. The quantitative estimate of drug-likeness (QED) is 0.767. The van der Waals surface area contributed by atoms with E-state index in [2.05, 4.69) is 23.9 Å². The fraction of sp³-hybridized carbons (Fsp3) is 0.524. The molecule has 160 valence electrons. The standard InChI is InChI=1S/C21H25F2N5O2/c1-13-10-28-17(16(9-25-28)27-12-21(2,3)8-19(27)30)11-26(13)18(29)7-14-4-5-24-15(6-14)20(22)23/h4-6,9,13,20H,7-8,10-12H2,1-3H3/t13-/m0/s1. The molecule has 2 aliphatic rings. The molecule has 0 aromatic carbocycles. The Morgan fingerprint density at radius 3 is 2.80 bits per heavy atom. The van der Waals surface area contributed by atoms with Gasteiger partial charge in [0, 0.05) is 25.2 Å². The van der Waals surface area contributed by atoms with Crippen molar-refractivity contribution in [3.63, 3.8) is 0 Å². The Kier molecular flexibility index (Phi) is 5.07. The number of hydrogen-bond donors (Lipinski definition) is 0. The van der Waals surface area contributed by atoms with Gasteiger partial charge in [-0.25, -0.2) is 8.78 Å². The molecule has 1 fully saturated rings. The monoisotopic (exact) mass is 417 g/mol. The van der Waals surface area contributed by atoms with Crippen LogP contribution in [0.5, 0.6) is 0 Å². The van der Waals surface area contributed by atoms with E-state index in [9.17, 15) is 18.4 Å². The summed E-state index contributed by atoms with van der Waals surface area (Å²) in [5.41, 5.74) is 1.65. The van der Waals surface area contributed by atoms with Gasteiger partial charge in [0.25, 0.3) is 6.43 Å². The molecular formula is C21H25F2N5O2. The molecule has 30 heavy (non-hydrogen) atoms. The zero-order chi connectivity index (χ0) is 21.6. The molecule has 2 aromatic rings. The highest BCUT2D eigenvalue weighted by Crippen LogP contribution is 2.36. The smallest absolute Gasteiger partial charge is 0.280 e. The van der Waals surface area contributed by atoms with Crippen molar-refractivity contribution in [3.8, 4) is 0 Å². The molecule has 2 amide bonds. The Morgan fingerprint density at radius 2 is 2.13 bits per heavy atom. The Labute approximate surface area is 173 Å². The third-order valence-corrected chi connectivity index (χ3v) is 5.77. The van der Waals surface area contributed by atoms with Gasteiger partial charge in [0.1, 0.15) is 5.69 Å². The number of carbonyl (C=O) groups is 2. The highest BCUT2D eigenvalue weighted by molar-refractivity contribution is 5.96. The summed E-state index contributed by atoms with van der Waals surface area (Å²) in [7, 11) is 0. The SMILES string of the molecule is C[C@H]1Cn2ncc(N3CC(C)(C)CC3=O)c2CN1C(=O)Cc1ccnc(C(F)F)c1. The van der Waals surface area contributed by atoms with Crippen molar-refractivity contribution < 1.29 is 18.4 Å². The number of halogens is 2. The van der Waals surface area contributed by atoms with Gasteiger partial charge in [0.15, 0.2) is 0 Å². The van der Waals surface area contributed by atoms with E-state index in [1.54, 1.807) is 22.1 Å². The van der Waals surface area contributed by atoms with E-state index in [1.165, 1.54) is 12.3 Å². The molecule has 2 aliphatic heterocycles. The van der Waals surface area contributed by atoms with Crippen molar-refractivity contribution in [3.05, 3.63) is 41.5 Å². The summed E-state index contributed by atoms with van der Waals surface area (Å²) in [6, 6.07) is 2.76. The number of fused-ring (bicyclic) bond motifs is 1. The van der Waals surface area contributed by atoms with Crippen molar-refractivity contribution in [1.82, 2.24) is 19.7 Å². The maximum absolute atomic E-state index is 13.0. The van der Waals surface area contributed by atoms with Crippen molar-refractivity contribution in [1.29, 1.82) is 0 Å². The average molecular weight is 417 g/mol. The molecule has 4 heterocycles. The Bertz CT molecular complexity index is 988. The van der Waals surface area contributed by atoms with Crippen LogP contribution in [0.2, 0.25) is 0 Å². The average Bonchev–Trinajstić information content (AvgIpc) is 3.19. The van der Waals surface area contributed by atoms with Gasteiger partial charge in [-0.15, -0.1) is 0 Å². The molecule has 0 saturated carbocycles. The van der Waals surface area contributed by atoms with E-state index < -0.39 is 6.43 Å². The van der Waals surface area contributed by atoms with Gasteiger partial charge >= 0.3 is 0 Å². The van der Waals surface area contributed by atoms with Crippen LogP contribution in [-0.2, 0) is 29.1 Å². The molecule has 1 atom stereocenters. The van der Waals surface area contributed by atoms with E-state index in [4.69, 9.17) is 0 Å². The summed E-state index contributed by atoms with van der Waals surface area (Å²) in [6.07, 6.45) is 0.829. The minimum Gasteiger partial charge on any atom is -0.332 e. The predicted octanol–water partition coefficient (Wildman–Crippen LogP) is 2.95. The normalized spacial score (nSPS) is 20.7. The molecular weight excluding hydrogens is 392 g/mol. The number of aromatic nitrogens is 3. The minimum atomic E-state index is -2.67. The largest absolute Gasteiger partial charge is 0.332 e. The molecule has 0 radical (unpaired) electrons. The number of pyridine rings is 1. The van der Waals surface area contributed by atoms with Crippen LogP contribution in [0.1, 0.15) is 50.6 Å². The minimum absolute atomic E-state index is 0.0196. The Hall–Kier alpha value is -2.84. The molecule has 4 rings (SSSR count). The molecule has 0 unspecified atom stereocenters. The highest BCUT2D eigenvalue weighted by atomic mass is 19.3. The van der Waals surface area contributed by atoms with Crippen LogP contribution < -0.4 is 4.90 Å². The molecule has 2 aromatic heterocycles. The number of anilines is 1. The van der Waals surface area contributed by atoms with Crippen LogP contribution in [-0.4, -0.2) is 44.1 Å². The topological polar surface area (TPSA) is 71.3 Å². The van der Waals surface area contributed by atoms with Crippen molar-refractivity contribution in [2.75, 3.05) is 11.4 Å². The predicted molar refractivity (Wildman–Crippen MR) is 106 cm³/mol. The first-order chi connectivity index (χ1) is 14.1. The van der Waals surface area contributed by atoms with Gasteiger partial charge in [0.05, 0.1) is 37.1 Å². The lowest BCUT2D eigenvalue weighted by Crippen LogP contribution is -2.46. The maximum Gasteiger partial charge on any atom is 0.280 e. The number of amides is 2. The number of rotatable bonds is 4. The second-order valence-corrected chi connectivity index (χ2v) is 8.92. The number of hydrogen-bond acceptors (Lipinski definition) is 4. The zero-order valence-corrected chi connectivity index (χ0v) is 17.3. The first kappa shape index (κ1) is 20.4. The van der Waals surface area contributed by atoms with E-state index >= 15 is 0 Å². The lowest BCUT2D eigenvalue weighted by molar-refractivity contribution is -0.134. The summed E-state index contributed by atoms with van der Waals surface area (Å²) in [5.74, 6) is -0.0935. The highest BCUT2D eigenvalue weighted by Gasteiger charge is 2.39. The van der Waals surface area contributed by atoms with Gasteiger partial charge in [0.2, 0.25) is 11.8 Å². The molecule has 9 heteroatoms. The summed E-state index contributed by atoms with van der Waals surface area (Å²) in [4.78, 5) is 32.7. The Morgan fingerprint density at radius 1 is 1.37 bits per heavy atom. The van der Waals surface area contributed by atoms with Crippen LogP contribution in [0.4, 0.5) is 14.5 Å². The lowest BCUT2D eigenvalue weighted by atomic mass is 9.93. The summed E-state index contributed by atoms with van der Waals surface area (Å²) >= 11 is 0. The number of alkyl halides is 2. The first-order valence-electron chi connectivity index (χ1n) is 10.0. The van der Waals surface area contributed by atoms with Crippen molar-refractivity contribution in [2.24, 2.45) is 5.41 Å². The van der Waals surface area contributed by atoms with E-state index in [-0.39, 0.29) is 35.4 Å². The third-order valence-electron chi connectivity index (χ3n) is 5.77. The molecule has 0 N–H and O–H groups in total. The molecule has 0 aliphatic carbocycles. The molecule has 7 nitrogen and oxygen atoms in total. The Balaban J connectivity index is 1.54. The van der Waals surface area contributed by atoms with Gasteiger partial charge < -0.3 is 9.80 Å². The van der Waals surface area contributed by atoms with Gasteiger partial charge in [-0.3, -0.25) is 19.3 Å². The van der Waals surface area contributed by atoms with Crippen molar-refractivity contribution >= 4 is 17.5 Å². The van der Waals surface area contributed by atoms with Crippen LogP contribution in [0.3, 0.4) is 0 Å². The second kappa shape index (κ2) is 7.45. The first-order valence-corrected chi connectivity index (χ1v) is 10.0. The molecule has 0 spiro atoms. The van der Waals surface area contributed by atoms with Crippen LogP contribution in [0, 0.1) is 5.41 Å². The summed E-state index contributed by atoms with van der Waals surface area (Å²) in [5, 5.41) is 4.44. The second-order valence-electron chi connectivity index (χ2n) is 8.92. The van der Waals surface area contributed by atoms with E-state index in [1.807, 2.05) is 11.6 Å². The maximum atomic E-state index is 13.0. The van der Waals surface area contributed by atoms with Gasteiger partial charge in [-0.05, 0) is 30.0 Å². The molecule has 1 saturated heterocycles. The van der Waals surface area contributed by atoms with E-state index in [0.29, 0.717) is 31.6 Å². The van der Waals surface area contributed by atoms with Crippen molar-refractivity contribution in [2.45, 2.75) is 59.2 Å². The van der Waals surface area contributed by atoms with Gasteiger partial charge in [-0.2, -0.15) is 5.10 Å². The van der Waals surface area contributed by atoms with Crippen LogP contribution in [0.15, 0.2) is 24.5 Å². The zero-order valence-electron chi connectivity index (χ0n) is 17.3. The number of carbonyl (C=O) groups excluding carboxylic acids is 2. The summed E-state index contributed by atoms with van der Waals surface area (Å²) < 4.78 is 27.7. The van der Waals surface area contributed by atoms with E-state index in [0.717, 1.165) is 11.4 Å². The summed E-state index contributed by atoms with van der Waals surface area (Å²) in [6.45, 7) is 7.50. The van der Waals surface area contributed by atoms with Gasteiger partial charge in [-0.1, -0.05) is 13.8 Å². The number of nitrogens with zero attached hydrogens (tertiary/aromatic N) is 5. The fourth-order valence-electron chi connectivity index (χ4n) is 4.24. The third kappa shape index (κ3) is 3.80.